The molecule has 17 heavy (non-hydrogen) atoms. The second-order valence-electron chi connectivity index (χ2n) is 3.60. The van der Waals surface area contributed by atoms with Crippen molar-refractivity contribution in [2.24, 2.45) is 0 Å². The number of ether oxygens (including phenoxy) is 1. The highest BCUT2D eigenvalue weighted by atomic mass is 79.9. The summed E-state index contributed by atoms with van der Waals surface area (Å²) in [5.74, 6) is -0.257. The van der Waals surface area contributed by atoms with Gasteiger partial charge in [0.1, 0.15) is 0 Å². The van der Waals surface area contributed by atoms with Gasteiger partial charge in [0.05, 0.1) is 24.7 Å². The minimum Gasteiger partial charge on any atom is -0.466 e. The zero-order valence-electron chi connectivity index (χ0n) is 9.92. The Morgan fingerprint density at radius 3 is 2.76 bits per heavy atom. The van der Waals surface area contributed by atoms with Gasteiger partial charge in [0.25, 0.3) is 0 Å². The molecule has 0 unspecified atom stereocenters. The van der Waals surface area contributed by atoms with E-state index in [4.69, 9.17) is 10.00 Å². The van der Waals surface area contributed by atoms with Crippen LogP contribution in [0.4, 0.5) is 0 Å². The maximum absolute atomic E-state index is 11.5. The van der Waals surface area contributed by atoms with Gasteiger partial charge in [0, 0.05) is 5.33 Å². The summed E-state index contributed by atoms with van der Waals surface area (Å²) in [5, 5.41) is 9.63. The van der Waals surface area contributed by atoms with Gasteiger partial charge in [-0.3, -0.25) is 4.79 Å². The van der Waals surface area contributed by atoms with Crippen LogP contribution in [0.1, 0.15) is 29.2 Å². The molecule has 0 N–H and O–H groups in total. The Hall–Kier alpha value is -1.34. The van der Waals surface area contributed by atoms with Gasteiger partial charge in [0.2, 0.25) is 0 Å². The molecule has 1 rings (SSSR count). The molecule has 1 aromatic carbocycles. The van der Waals surface area contributed by atoms with Gasteiger partial charge in [-0.1, -0.05) is 22.0 Å². The summed E-state index contributed by atoms with van der Waals surface area (Å²) in [7, 11) is 0. The van der Waals surface area contributed by atoms with E-state index in [-0.39, 0.29) is 12.4 Å². The van der Waals surface area contributed by atoms with Crippen molar-refractivity contribution in [3.05, 3.63) is 34.4 Å². The lowest BCUT2D eigenvalue weighted by atomic mass is 9.96. The summed E-state index contributed by atoms with van der Waals surface area (Å²) >= 11 is 3.38. The van der Waals surface area contributed by atoms with Crippen molar-refractivity contribution >= 4 is 21.9 Å². The molecule has 0 heterocycles. The minimum atomic E-state index is -0.257. The van der Waals surface area contributed by atoms with Crippen LogP contribution in [-0.4, -0.2) is 12.6 Å². The summed E-state index contributed by atoms with van der Waals surface area (Å²) in [4.78, 5) is 11.5. The highest BCUT2D eigenvalue weighted by Crippen LogP contribution is 2.21. The second kappa shape index (κ2) is 6.41. The van der Waals surface area contributed by atoms with E-state index in [2.05, 4.69) is 22.0 Å². The van der Waals surface area contributed by atoms with Crippen LogP contribution in [0.3, 0.4) is 0 Å². The van der Waals surface area contributed by atoms with E-state index in [1.807, 2.05) is 13.0 Å². The number of halogens is 1. The van der Waals surface area contributed by atoms with Gasteiger partial charge >= 0.3 is 5.97 Å². The largest absolute Gasteiger partial charge is 0.466 e. The van der Waals surface area contributed by atoms with Crippen molar-refractivity contribution < 1.29 is 9.53 Å². The first-order chi connectivity index (χ1) is 8.13. The van der Waals surface area contributed by atoms with Crippen molar-refractivity contribution in [3.63, 3.8) is 0 Å². The van der Waals surface area contributed by atoms with Gasteiger partial charge in [-0.2, -0.15) is 5.26 Å². The van der Waals surface area contributed by atoms with Crippen molar-refractivity contribution in [2.75, 3.05) is 6.61 Å². The number of alkyl halides is 1. The maximum Gasteiger partial charge on any atom is 0.310 e. The molecule has 0 amide bonds. The molecule has 0 aromatic heterocycles. The van der Waals surface area contributed by atoms with Crippen LogP contribution in [0.5, 0.6) is 0 Å². The van der Waals surface area contributed by atoms with E-state index in [0.29, 0.717) is 17.5 Å². The molecule has 3 nitrogen and oxygen atoms in total. The molecule has 0 saturated heterocycles. The molecule has 0 radical (unpaired) electrons. The number of rotatable bonds is 4. The van der Waals surface area contributed by atoms with Crippen molar-refractivity contribution in [1.29, 1.82) is 5.26 Å². The quantitative estimate of drug-likeness (QED) is 0.634. The molecular formula is C13H14BrNO2. The molecule has 1 aromatic rings. The third kappa shape index (κ3) is 3.31. The highest BCUT2D eigenvalue weighted by Gasteiger charge is 2.13. The normalized spacial score (nSPS) is 9.76. The molecule has 0 bridgehead atoms. The zero-order valence-corrected chi connectivity index (χ0v) is 11.5. The fraction of sp³-hybridized carbons (Fsp3) is 0.385. The summed E-state index contributed by atoms with van der Waals surface area (Å²) < 4.78 is 4.94. The Morgan fingerprint density at radius 1 is 1.53 bits per heavy atom. The summed E-state index contributed by atoms with van der Waals surface area (Å²) in [6.07, 6.45) is 0.218. The van der Waals surface area contributed by atoms with E-state index >= 15 is 0 Å². The Balaban J connectivity index is 3.11. The Morgan fingerprint density at radius 2 is 2.24 bits per heavy atom. The number of nitriles is 1. The van der Waals surface area contributed by atoms with E-state index in [9.17, 15) is 4.79 Å². The third-order valence-corrected chi connectivity index (χ3v) is 3.19. The van der Waals surface area contributed by atoms with Crippen LogP contribution >= 0.6 is 15.9 Å². The summed E-state index contributed by atoms with van der Waals surface area (Å²) in [5.41, 5.74) is 3.38. The SMILES string of the molecule is CCOC(=O)Cc1c(CBr)ccc(C#N)c1C. The standard InChI is InChI=1S/C13H14BrNO2/c1-3-17-13(16)6-12-9(2)11(8-15)5-4-10(12)7-14/h4-5H,3,6-7H2,1-2H3. The molecule has 4 heteroatoms. The summed E-state index contributed by atoms with van der Waals surface area (Å²) in [6.45, 7) is 4.01. The van der Waals surface area contributed by atoms with Crippen molar-refractivity contribution in [3.8, 4) is 6.07 Å². The van der Waals surface area contributed by atoms with Crippen LogP contribution in [0.2, 0.25) is 0 Å². The first-order valence-electron chi connectivity index (χ1n) is 5.37. The molecular weight excluding hydrogens is 282 g/mol. The van der Waals surface area contributed by atoms with E-state index < -0.39 is 0 Å². The van der Waals surface area contributed by atoms with Crippen molar-refractivity contribution in [2.45, 2.75) is 25.6 Å². The van der Waals surface area contributed by atoms with Gasteiger partial charge in [-0.15, -0.1) is 0 Å². The number of hydrogen-bond acceptors (Lipinski definition) is 3. The highest BCUT2D eigenvalue weighted by molar-refractivity contribution is 9.08. The maximum atomic E-state index is 11.5. The van der Waals surface area contributed by atoms with Crippen LogP contribution in [-0.2, 0) is 21.3 Å². The van der Waals surface area contributed by atoms with Crippen LogP contribution < -0.4 is 0 Å². The Kier molecular flexibility index (Phi) is 5.17. The topological polar surface area (TPSA) is 50.1 Å². The smallest absolute Gasteiger partial charge is 0.310 e. The number of nitrogens with zero attached hydrogens (tertiary/aromatic N) is 1. The van der Waals surface area contributed by atoms with Crippen LogP contribution in [0, 0.1) is 18.3 Å². The van der Waals surface area contributed by atoms with Gasteiger partial charge in [-0.05, 0) is 36.6 Å². The number of carbonyl (C=O) groups is 1. The predicted molar refractivity (Wildman–Crippen MR) is 68.9 cm³/mol. The molecule has 0 aliphatic rings. The molecule has 0 spiro atoms. The van der Waals surface area contributed by atoms with Crippen LogP contribution in [0.15, 0.2) is 12.1 Å². The van der Waals surface area contributed by atoms with Crippen LogP contribution in [0.25, 0.3) is 0 Å². The molecule has 0 aliphatic carbocycles. The number of carbonyl (C=O) groups excluding carboxylic acids is 1. The second-order valence-corrected chi connectivity index (χ2v) is 4.16. The first-order valence-corrected chi connectivity index (χ1v) is 6.49. The predicted octanol–water partition coefficient (Wildman–Crippen LogP) is 2.87. The van der Waals surface area contributed by atoms with E-state index in [1.165, 1.54) is 0 Å². The number of esters is 1. The first kappa shape index (κ1) is 13.7. The molecule has 0 fully saturated rings. The fourth-order valence-electron chi connectivity index (χ4n) is 1.66. The summed E-state index contributed by atoms with van der Waals surface area (Å²) in [6, 6.07) is 5.77. The minimum absolute atomic E-state index is 0.218. The lowest BCUT2D eigenvalue weighted by Gasteiger charge is -2.11. The van der Waals surface area contributed by atoms with Crippen molar-refractivity contribution in [1.82, 2.24) is 0 Å². The average Bonchev–Trinajstić information content (AvgIpc) is 2.32. The van der Waals surface area contributed by atoms with Gasteiger partial charge in [-0.25, -0.2) is 0 Å². The Labute approximate surface area is 110 Å². The zero-order chi connectivity index (χ0) is 12.8. The third-order valence-electron chi connectivity index (χ3n) is 2.59. The molecule has 0 atom stereocenters. The Bertz CT molecular complexity index is 463. The van der Waals surface area contributed by atoms with Gasteiger partial charge in [0.15, 0.2) is 0 Å². The molecule has 0 saturated carbocycles. The number of benzene rings is 1. The average molecular weight is 296 g/mol. The lowest BCUT2D eigenvalue weighted by molar-refractivity contribution is -0.142. The number of hydrogen-bond donors (Lipinski definition) is 0. The lowest BCUT2D eigenvalue weighted by Crippen LogP contribution is -2.11. The molecule has 0 aliphatic heterocycles. The van der Waals surface area contributed by atoms with E-state index in [0.717, 1.165) is 16.7 Å². The van der Waals surface area contributed by atoms with Gasteiger partial charge < -0.3 is 4.74 Å². The monoisotopic (exact) mass is 295 g/mol. The van der Waals surface area contributed by atoms with E-state index in [1.54, 1.807) is 13.0 Å². The fourth-order valence-corrected chi connectivity index (χ4v) is 2.19. The molecule has 90 valence electrons.